The van der Waals surface area contributed by atoms with Gasteiger partial charge in [-0.05, 0) is 19.2 Å². The Hall–Kier alpha value is -0.900. The summed E-state index contributed by atoms with van der Waals surface area (Å²) in [5.41, 5.74) is 0. The largest absolute Gasteiger partial charge is 0.438 e. The van der Waals surface area contributed by atoms with E-state index in [4.69, 9.17) is 4.42 Å². The van der Waals surface area contributed by atoms with Crippen molar-refractivity contribution in [2.75, 3.05) is 24.0 Å². The maximum absolute atomic E-state index is 10.4. The molecule has 78 valence electrons. The number of furan rings is 1. The van der Waals surface area contributed by atoms with E-state index in [2.05, 4.69) is 13.2 Å². The van der Waals surface area contributed by atoms with Crippen molar-refractivity contribution in [1.82, 2.24) is 0 Å². The average molecular weight is 213 g/mol. The second-order valence-electron chi connectivity index (χ2n) is 3.21. The molecule has 0 spiro atoms. The number of rotatable bonds is 5. The zero-order valence-electron chi connectivity index (χ0n) is 8.69. The molecule has 0 aromatic carbocycles. The Morgan fingerprint density at radius 3 is 2.86 bits per heavy atom. The van der Waals surface area contributed by atoms with Crippen LogP contribution in [0.4, 0.5) is 5.88 Å². The number of hydrogen-bond donors (Lipinski definition) is 0. The maximum Gasteiger partial charge on any atom is 0.196 e. The van der Waals surface area contributed by atoms with Gasteiger partial charge >= 0.3 is 0 Å². The van der Waals surface area contributed by atoms with Crippen LogP contribution in [0.15, 0.2) is 16.5 Å². The third-order valence-electron chi connectivity index (χ3n) is 2.15. The highest BCUT2D eigenvalue weighted by Crippen LogP contribution is 2.19. The molecule has 0 aliphatic rings. The predicted octanol–water partition coefficient (Wildman–Crippen LogP) is 2.28. The van der Waals surface area contributed by atoms with E-state index >= 15 is 0 Å². The molecule has 1 aromatic heterocycles. The maximum atomic E-state index is 10.4. The van der Waals surface area contributed by atoms with Gasteiger partial charge in [0.05, 0.1) is 0 Å². The standard InChI is InChI=1S/C10H15NO2S/c1-8(7-14-3)11(2)10-5-4-9(6-12)13-10/h4-6,8H,7H2,1-3H3. The zero-order chi connectivity index (χ0) is 10.6. The lowest BCUT2D eigenvalue weighted by Crippen LogP contribution is -2.30. The van der Waals surface area contributed by atoms with Crippen LogP contribution in [0.3, 0.4) is 0 Å². The Bertz CT molecular complexity index is 298. The van der Waals surface area contributed by atoms with Crippen molar-refractivity contribution in [3.8, 4) is 0 Å². The number of hydrogen-bond acceptors (Lipinski definition) is 4. The molecule has 1 aromatic rings. The van der Waals surface area contributed by atoms with Gasteiger partial charge < -0.3 is 9.32 Å². The molecule has 3 nitrogen and oxygen atoms in total. The van der Waals surface area contributed by atoms with E-state index in [1.54, 1.807) is 17.8 Å². The minimum atomic E-state index is 0.378. The fourth-order valence-electron chi connectivity index (χ4n) is 1.17. The predicted molar refractivity (Wildman–Crippen MR) is 60.3 cm³/mol. The Labute approximate surface area is 88.5 Å². The highest BCUT2D eigenvalue weighted by Gasteiger charge is 2.12. The number of aldehydes is 1. The summed E-state index contributed by atoms with van der Waals surface area (Å²) in [6.45, 7) is 2.12. The molecule has 0 bridgehead atoms. The van der Waals surface area contributed by atoms with Crippen LogP contribution in [0, 0.1) is 0 Å². The van der Waals surface area contributed by atoms with Crippen molar-refractivity contribution in [3.05, 3.63) is 17.9 Å². The van der Waals surface area contributed by atoms with Crippen LogP contribution in [-0.4, -0.2) is 31.4 Å². The summed E-state index contributed by atoms with van der Waals surface area (Å²) in [7, 11) is 1.97. The third-order valence-corrected chi connectivity index (χ3v) is 2.96. The van der Waals surface area contributed by atoms with Gasteiger partial charge in [0.2, 0.25) is 0 Å². The summed E-state index contributed by atoms with van der Waals surface area (Å²) in [4.78, 5) is 12.5. The fraction of sp³-hybridized carbons (Fsp3) is 0.500. The van der Waals surface area contributed by atoms with Crippen LogP contribution in [-0.2, 0) is 0 Å². The molecule has 0 aliphatic heterocycles. The van der Waals surface area contributed by atoms with Gasteiger partial charge in [-0.3, -0.25) is 4.79 Å². The van der Waals surface area contributed by atoms with Crippen molar-refractivity contribution < 1.29 is 9.21 Å². The topological polar surface area (TPSA) is 33.5 Å². The van der Waals surface area contributed by atoms with Crippen LogP contribution in [0.5, 0.6) is 0 Å². The molecule has 0 saturated carbocycles. The molecular formula is C10H15NO2S. The second kappa shape index (κ2) is 5.10. The highest BCUT2D eigenvalue weighted by atomic mass is 32.2. The van der Waals surface area contributed by atoms with Gasteiger partial charge in [-0.2, -0.15) is 11.8 Å². The first-order valence-electron chi connectivity index (χ1n) is 4.45. The number of anilines is 1. The van der Waals surface area contributed by atoms with Gasteiger partial charge in [0.1, 0.15) is 0 Å². The Balaban J connectivity index is 2.67. The first kappa shape index (κ1) is 11.2. The molecule has 1 unspecified atom stereocenters. The van der Waals surface area contributed by atoms with Crippen LogP contribution in [0.1, 0.15) is 17.5 Å². The van der Waals surface area contributed by atoms with E-state index < -0.39 is 0 Å². The molecule has 0 N–H and O–H groups in total. The Morgan fingerprint density at radius 1 is 1.64 bits per heavy atom. The molecule has 1 heterocycles. The highest BCUT2D eigenvalue weighted by molar-refractivity contribution is 7.98. The minimum absolute atomic E-state index is 0.378. The fourth-order valence-corrected chi connectivity index (χ4v) is 1.87. The van der Waals surface area contributed by atoms with E-state index in [9.17, 15) is 4.79 Å². The van der Waals surface area contributed by atoms with Crippen molar-refractivity contribution in [3.63, 3.8) is 0 Å². The summed E-state index contributed by atoms with van der Waals surface area (Å²) in [6.07, 6.45) is 2.79. The lowest BCUT2D eigenvalue weighted by Gasteiger charge is -2.23. The molecule has 0 aliphatic carbocycles. The molecule has 1 rings (SSSR count). The summed E-state index contributed by atoms with van der Waals surface area (Å²) in [5, 5.41) is 0. The quantitative estimate of drug-likeness (QED) is 0.703. The van der Waals surface area contributed by atoms with Crippen LogP contribution >= 0.6 is 11.8 Å². The van der Waals surface area contributed by atoms with Crippen LogP contribution in [0.2, 0.25) is 0 Å². The summed E-state index contributed by atoms with van der Waals surface area (Å²) < 4.78 is 5.31. The van der Waals surface area contributed by atoms with E-state index in [0.717, 1.165) is 17.9 Å². The summed E-state index contributed by atoms with van der Waals surface area (Å²) in [5.74, 6) is 2.16. The minimum Gasteiger partial charge on any atom is -0.438 e. The van der Waals surface area contributed by atoms with Gasteiger partial charge in [0, 0.05) is 24.9 Å². The molecule has 14 heavy (non-hydrogen) atoms. The Kier molecular flexibility index (Phi) is 4.07. The van der Waals surface area contributed by atoms with Gasteiger partial charge in [-0.15, -0.1) is 0 Å². The van der Waals surface area contributed by atoms with Gasteiger partial charge in [-0.25, -0.2) is 0 Å². The molecule has 0 radical (unpaired) electrons. The van der Waals surface area contributed by atoms with E-state index in [1.165, 1.54) is 0 Å². The van der Waals surface area contributed by atoms with Crippen LogP contribution in [0.25, 0.3) is 0 Å². The Morgan fingerprint density at radius 2 is 2.36 bits per heavy atom. The smallest absolute Gasteiger partial charge is 0.196 e. The van der Waals surface area contributed by atoms with Crippen molar-refractivity contribution >= 4 is 23.9 Å². The molecule has 0 saturated heterocycles. The lowest BCUT2D eigenvalue weighted by molar-refractivity contribution is 0.110. The molecule has 0 amide bonds. The van der Waals surface area contributed by atoms with E-state index in [0.29, 0.717) is 11.8 Å². The first-order valence-corrected chi connectivity index (χ1v) is 5.85. The number of nitrogens with zero attached hydrogens (tertiary/aromatic N) is 1. The molecule has 1 atom stereocenters. The molecule has 4 heteroatoms. The van der Waals surface area contributed by atoms with Crippen molar-refractivity contribution in [2.45, 2.75) is 13.0 Å². The number of thioether (sulfide) groups is 1. The molecular weight excluding hydrogens is 198 g/mol. The monoisotopic (exact) mass is 213 g/mol. The number of carbonyl (C=O) groups is 1. The number of carbonyl (C=O) groups excluding carboxylic acids is 1. The SMILES string of the molecule is CSCC(C)N(C)c1ccc(C=O)o1. The normalized spacial score (nSPS) is 12.5. The molecule has 0 fully saturated rings. The lowest BCUT2D eigenvalue weighted by atomic mass is 10.3. The van der Waals surface area contributed by atoms with Crippen LogP contribution < -0.4 is 4.90 Å². The summed E-state index contributed by atoms with van der Waals surface area (Å²) >= 11 is 1.79. The van der Waals surface area contributed by atoms with Crippen molar-refractivity contribution in [2.24, 2.45) is 0 Å². The van der Waals surface area contributed by atoms with Crippen molar-refractivity contribution in [1.29, 1.82) is 0 Å². The second-order valence-corrected chi connectivity index (χ2v) is 4.12. The van der Waals surface area contributed by atoms with E-state index in [-0.39, 0.29) is 0 Å². The van der Waals surface area contributed by atoms with Gasteiger partial charge in [-0.1, -0.05) is 0 Å². The first-order chi connectivity index (χ1) is 6.69. The van der Waals surface area contributed by atoms with Gasteiger partial charge in [0.15, 0.2) is 17.9 Å². The van der Waals surface area contributed by atoms with Gasteiger partial charge in [0.25, 0.3) is 0 Å². The average Bonchev–Trinajstić information content (AvgIpc) is 2.65. The van der Waals surface area contributed by atoms with E-state index in [1.807, 2.05) is 18.0 Å². The summed E-state index contributed by atoms with van der Waals surface area (Å²) in [6, 6.07) is 3.90. The zero-order valence-corrected chi connectivity index (χ0v) is 9.50. The third kappa shape index (κ3) is 2.54.